The molecule has 1 aromatic carbocycles. The van der Waals surface area contributed by atoms with Crippen LogP contribution in [0.2, 0.25) is 0 Å². The van der Waals surface area contributed by atoms with Gasteiger partial charge < -0.3 is 14.8 Å². The molecule has 1 aliphatic heterocycles. The van der Waals surface area contributed by atoms with E-state index >= 15 is 0 Å². The maximum Gasteiger partial charge on any atom is 0.316 e. The number of ether oxygens (including phenoxy) is 2. The van der Waals surface area contributed by atoms with Crippen molar-refractivity contribution in [3.8, 4) is 17.1 Å². The summed E-state index contributed by atoms with van der Waals surface area (Å²) in [5.74, 6) is -5.09. The Morgan fingerprint density at radius 3 is 2.54 bits per heavy atom. The topological polar surface area (TPSA) is 86.2 Å². The zero-order valence-corrected chi connectivity index (χ0v) is 18.9. The lowest BCUT2D eigenvalue weighted by atomic mass is 9.97. The van der Waals surface area contributed by atoms with Gasteiger partial charge in [-0.25, -0.2) is 27.5 Å². The summed E-state index contributed by atoms with van der Waals surface area (Å²) in [6.45, 7) is 2.77. The molecule has 0 unspecified atom stereocenters. The van der Waals surface area contributed by atoms with Crippen molar-refractivity contribution in [1.82, 2.24) is 15.0 Å². The number of anilines is 1. The molecule has 4 rings (SSSR count). The maximum atomic E-state index is 14.7. The van der Waals surface area contributed by atoms with E-state index in [9.17, 15) is 22.4 Å². The molecule has 1 amide bonds. The van der Waals surface area contributed by atoms with Crippen LogP contribution in [0.1, 0.15) is 48.8 Å². The second-order valence-electron chi connectivity index (χ2n) is 8.31. The van der Waals surface area contributed by atoms with Crippen molar-refractivity contribution in [2.45, 2.75) is 44.8 Å². The van der Waals surface area contributed by atoms with Crippen molar-refractivity contribution in [3.63, 3.8) is 0 Å². The Hall–Kier alpha value is -3.60. The van der Waals surface area contributed by atoms with Crippen molar-refractivity contribution in [3.05, 3.63) is 65.7 Å². The number of rotatable bonds is 6. The first-order chi connectivity index (χ1) is 16.6. The molecule has 7 nitrogen and oxygen atoms in total. The summed E-state index contributed by atoms with van der Waals surface area (Å²) >= 11 is 0. The van der Waals surface area contributed by atoms with Crippen molar-refractivity contribution in [2.24, 2.45) is 0 Å². The smallest absolute Gasteiger partial charge is 0.316 e. The minimum atomic E-state index is -2.98. The van der Waals surface area contributed by atoms with Crippen molar-refractivity contribution in [1.29, 1.82) is 0 Å². The van der Waals surface area contributed by atoms with Crippen LogP contribution in [0.15, 0.2) is 42.9 Å². The highest BCUT2D eigenvalue weighted by Crippen LogP contribution is 2.41. The average Bonchev–Trinajstić information content (AvgIpc) is 2.81. The third-order valence-corrected chi connectivity index (χ3v) is 5.24. The third kappa shape index (κ3) is 5.73. The van der Waals surface area contributed by atoms with Gasteiger partial charge in [-0.2, -0.15) is 0 Å². The number of nitrogens with one attached hydrogen (secondary N) is 1. The first kappa shape index (κ1) is 24.5. The number of carbonyl (C=O) groups is 1. The number of carbonyl (C=O) groups excluding carboxylic acids is 1. The number of hydrogen-bond donors (Lipinski definition) is 1. The SMILES string of the molecule is CC(C)Oc1ncc(C(=O)Nc2c(-c3cc(F)ccc3F)ccnc2[C@H]2CCC(F)(F)CO2)cn1. The molecule has 0 radical (unpaired) electrons. The van der Waals surface area contributed by atoms with E-state index in [1.54, 1.807) is 13.8 Å². The van der Waals surface area contributed by atoms with Gasteiger partial charge in [0.2, 0.25) is 0 Å². The largest absolute Gasteiger partial charge is 0.461 e. The van der Waals surface area contributed by atoms with Crippen LogP contribution in [0.25, 0.3) is 11.1 Å². The van der Waals surface area contributed by atoms with Gasteiger partial charge in [0.25, 0.3) is 11.8 Å². The van der Waals surface area contributed by atoms with E-state index in [0.717, 1.165) is 18.2 Å². The summed E-state index contributed by atoms with van der Waals surface area (Å²) in [6, 6.07) is 4.36. The predicted octanol–water partition coefficient (Wildman–Crippen LogP) is 5.34. The van der Waals surface area contributed by atoms with Gasteiger partial charge in [-0.15, -0.1) is 0 Å². The molecule has 184 valence electrons. The molecule has 1 aliphatic rings. The maximum absolute atomic E-state index is 14.7. The summed E-state index contributed by atoms with van der Waals surface area (Å²) < 4.78 is 66.6. The van der Waals surface area contributed by atoms with Gasteiger partial charge in [-0.3, -0.25) is 9.78 Å². The van der Waals surface area contributed by atoms with Gasteiger partial charge in [0.15, 0.2) is 0 Å². The second kappa shape index (κ2) is 9.95. The first-order valence-electron chi connectivity index (χ1n) is 10.9. The Labute approximate surface area is 198 Å². The molecule has 1 atom stereocenters. The molecule has 3 heterocycles. The highest BCUT2D eigenvalue weighted by molar-refractivity contribution is 6.06. The lowest BCUT2D eigenvalue weighted by Gasteiger charge is -2.30. The van der Waals surface area contributed by atoms with Crippen LogP contribution in [0.4, 0.5) is 23.2 Å². The van der Waals surface area contributed by atoms with E-state index < -0.39 is 42.6 Å². The molecule has 3 aromatic rings. The quantitative estimate of drug-likeness (QED) is 0.470. The summed E-state index contributed by atoms with van der Waals surface area (Å²) in [6.07, 6.45) is 2.23. The Balaban J connectivity index is 1.72. The summed E-state index contributed by atoms with van der Waals surface area (Å²) in [4.78, 5) is 25.2. The number of aromatic nitrogens is 3. The van der Waals surface area contributed by atoms with E-state index in [1.807, 2.05) is 0 Å². The van der Waals surface area contributed by atoms with Crippen LogP contribution in [0.3, 0.4) is 0 Å². The molecule has 1 fully saturated rings. The van der Waals surface area contributed by atoms with Crippen molar-refractivity contribution < 1.29 is 31.8 Å². The van der Waals surface area contributed by atoms with Crippen molar-refractivity contribution in [2.75, 3.05) is 11.9 Å². The van der Waals surface area contributed by atoms with E-state index in [2.05, 4.69) is 20.3 Å². The highest BCUT2D eigenvalue weighted by atomic mass is 19.3. The van der Waals surface area contributed by atoms with Gasteiger partial charge in [-0.05, 0) is 44.5 Å². The number of pyridine rings is 1. The Morgan fingerprint density at radius 2 is 1.89 bits per heavy atom. The number of halogens is 4. The van der Waals surface area contributed by atoms with Crippen molar-refractivity contribution >= 4 is 11.6 Å². The molecule has 1 saturated heterocycles. The number of alkyl halides is 2. The molecule has 1 N–H and O–H groups in total. The molecule has 35 heavy (non-hydrogen) atoms. The minimum Gasteiger partial charge on any atom is -0.461 e. The number of nitrogens with zero attached hydrogens (tertiary/aromatic N) is 3. The Kier molecular flexibility index (Phi) is 6.97. The molecule has 11 heteroatoms. The fourth-order valence-electron chi connectivity index (χ4n) is 3.61. The number of amides is 1. The highest BCUT2D eigenvalue weighted by Gasteiger charge is 2.38. The second-order valence-corrected chi connectivity index (χ2v) is 8.31. The fraction of sp³-hybridized carbons (Fsp3) is 0.333. The minimum absolute atomic E-state index is 0.0136. The Morgan fingerprint density at radius 1 is 1.14 bits per heavy atom. The van der Waals surface area contributed by atoms with Crippen LogP contribution >= 0.6 is 0 Å². The van der Waals surface area contributed by atoms with Gasteiger partial charge in [0.05, 0.1) is 23.0 Å². The molecular weight excluding hydrogens is 468 g/mol. The summed E-state index contributed by atoms with van der Waals surface area (Å²) in [5.41, 5.74) is 0.164. The Bertz CT molecular complexity index is 1210. The van der Waals surface area contributed by atoms with Gasteiger partial charge in [0.1, 0.15) is 24.3 Å². The molecule has 0 saturated carbocycles. The van der Waals surface area contributed by atoms with E-state index in [4.69, 9.17) is 9.47 Å². The van der Waals surface area contributed by atoms with Crippen LogP contribution in [-0.2, 0) is 4.74 Å². The van der Waals surface area contributed by atoms with E-state index in [0.29, 0.717) is 0 Å². The monoisotopic (exact) mass is 490 g/mol. The van der Waals surface area contributed by atoms with E-state index in [-0.39, 0.29) is 46.6 Å². The standard InChI is InChI=1S/C24H22F4N4O3/c1-13(2)35-23-30-10-14(11-31-23)22(33)32-20-16(17-9-15(25)3-4-18(17)26)6-8-29-21(20)19-5-7-24(27,28)12-34-19/h3-4,6,8-11,13,19H,5,7,12H2,1-2H3,(H,32,33)/t19-/m1/s1. The molecule has 2 aromatic heterocycles. The van der Waals surface area contributed by atoms with Crippen LogP contribution in [0, 0.1) is 11.6 Å². The summed E-state index contributed by atoms with van der Waals surface area (Å²) in [5, 5.41) is 2.64. The summed E-state index contributed by atoms with van der Waals surface area (Å²) in [7, 11) is 0. The molecule has 0 spiro atoms. The molecule has 0 aliphatic carbocycles. The number of hydrogen-bond acceptors (Lipinski definition) is 6. The lowest BCUT2D eigenvalue weighted by Crippen LogP contribution is -2.31. The number of benzene rings is 1. The first-order valence-corrected chi connectivity index (χ1v) is 10.9. The predicted molar refractivity (Wildman–Crippen MR) is 118 cm³/mol. The lowest BCUT2D eigenvalue weighted by molar-refractivity contribution is -0.146. The zero-order valence-electron chi connectivity index (χ0n) is 18.9. The average molecular weight is 490 g/mol. The van der Waals surface area contributed by atoms with Crippen LogP contribution < -0.4 is 10.1 Å². The zero-order chi connectivity index (χ0) is 25.2. The van der Waals surface area contributed by atoms with Gasteiger partial charge in [0, 0.05) is 36.1 Å². The van der Waals surface area contributed by atoms with Crippen LogP contribution in [0.5, 0.6) is 6.01 Å². The van der Waals surface area contributed by atoms with E-state index in [1.165, 1.54) is 24.7 Å². The fourth-order valence-corrected chi connectivity index (χ4v) is 3.61. The molecular formula is C24H22F4N4O3. The van der Waals surface area contributed by atoms with Gasteiger partial charge >= 0.3 is 6.01 Å². The van der Waals surface area contributed by atoms with Crippen LogP contribution in [-0.4, -0.2) is 39.5 Å². The normalized spacial score (nSPS) is 17.3. The third-order valence-electron chi connectivity index (χ3n) is 5.24. The molecule has 0 bridgehead atoms. The van der Waals surface area contributed by atoms with Gasteiger partial charge in [-0.1, -0.05) is 0 Å².